The van der Waals surface area contributed by atoms with Crippen molar-refractivity contribution in [3.8, 4) is 0 Å². The second kappa shape index (κ2) is 8.52. The van der Waals surface area contributed by atoms with E-state index in [9.17, 15) is 18.8 Å². The monoisotopic (exact) mass is 379 g/mol. The number of rotatable bonds is 6. The van der Waals surface area contributed by atoms with E-state index in [1.54, 1.807) is 6.92 Å². The van der Waals surface area contributed by atoms with Crippen molar-refractivity contribution in [3.05, 3.63) is 41.3 Å². The van der Waals surface area contributed by atoms with Gasteiger partial charge in [0.2, 0.25) is 5.91 Å². The van der Waals surface area contributed by atoms with Crippen LogP contribution in [0.25, 0.3) is 6.08 Å². The van der Waals surface area contributed by atoms with Crippen LogP contribution >= 0.6 is 12.2 Å². The van der Waals surface area contributed by atoms with Gasteiger partial charge in [-0.05, 0) is 49.8 Å². The Bertz CT molecular complexity index is 764. The van der Waals surface area contributed by atoms with Gasteiger partial charge in [-0.1, -0.05) is 12.1 Å². The molecule has 0 spiro atoms. The molecule has 9 heteroatoms. The first-order valence-electron chi connectivity index (χ1n) is 7.88. The van der Waals surface area contributed by atoms with Crippen LogP contribution in [0.15, 0.2) is 30.0 Å². The van der Waals surface area contributed by atoms with E-state index in [1.165, 1.54) is 37.3 Å². The van der Waals surface area contributed by atoms with E-state index in [-0.39, 0.29) is 29.8 Å². The molecule has 1 saturated heterocycles. The van der Waals surface area contributed by atoms with Gasteiger partial charge in [0.25, 0.3) is 5.91 Å². The fourth-order valence-electron chi connectivity index (χ4n) is 2.20. The van der Waals surface area contributed by atoms with E-state index in [0.29, 0.717) is 5.56 Å². The Kier molecular flexibility index (Phi) is 6.40. The average Bonchev–Trinajstić information content (AvgIpc) is 2.84. The first kappa shape index (κ1) is 19.5. The molecule has 26 heavy (non-hydrogen) atoms. The van der Waals surface area contributed by atoms with Crippen molar-refractivity contribution in [2.45, 2.75) is 19.9 Å². The zero-order valence-corrected chi connectivity index (χ0v) is 15.1. The molecule has 7 nitrogen and oxygen atoms in total. The number of amides is 2. The van der Waals surface area contributed by atoms with E-state index in [4.69, 9.17) is 17.0 Å². The molecule has 1 aromatic rings. The van der Waals surface area contributed by atoms with Gasteiger partial charge in [-0.25, -0.2) is 9.18 Å². The van der Waals surface area contributed by atoms with Crippen LogP contribution in [0.2, 0.25) is 0 Å². The molecule has 138 valence electrons. The number of ether oxygens (including phenoxy) is 1. The highest BCUT2D eigenvalue weighted by atomic mass is 32.1. The summed E-state index contributed by atoms with van der Waals surface area (Å²) >= 11 is 5.08. The van der Waals surface area contributed by atoms with Crippen molar-refractivity contribution >= 4 is 41.2 Å². The smallest absolute Gasteiger partial charge is 0.328 e. The molecule has 1 aromatic carbocycles. The van der Waals surface area contributed by atoms with Crippen LogP contribution in [0.4, 0.5) is 4.39 Å². The first-order chi connectivity index (χ1) is 12.3. The summed E-state index contributed by atoms with van der Waals surface area (Å²) in [6, 6.07) is 4.72. The molecule has 2 rings (SSSR count). The maximum absolute atomic E-state index is 12.9. The number of halogens is 1. The first-order valence-corrected chi connectivity index (χ1v) is 8.28. The summed E-state index contributed by atoms with van der Waals surface area (Å²) in [7, 11) is 0. The molecule has 2 N–H and O–H groups in total. The van der Waals surface area contributed by atoms with E-state index in [2.05, 4.69) is 10.6 Å². The fourth-order valence-corrected chi connectivity index (χ4v) is 2.46. The normalized spacial score (nSPS) is 16.4. The predicted molar refractivity (Wildman–Crippen MR) is 96.1 cm³/mol. The molecule has 0 aromatic heterocycles. The molecule has 1 heterocycles. The molecular formula is C17H18FN3O4S. The van der Waals surface area contributed by atoms with Gasteiger partial charge >= 0.3 is 5.97 Å². The molecule has 1 aliphatic heterocycles. The number of nitrogens with one attached hydrogen (secondary N) is 2. The SMILES string of the molecule is CCOC(=O)C(C)NC(=O)CN1C(=O)/C(=C/c2ccc(F)cc2)NC1=S. The average molecular weight is 379 g/mol. The molecule has 0 radical (unpaired) electrons. The van der Waals surface area contributed by atoms with E-state index < -0.39 is 23.8 Å². The standard InChI is InChI=1S/C17H18FN3O4S/c1-3-25-16(24)10(2)19-14(22)9-21-15(23)13(20-17(21)26)8-11-4-6-12(18)7-5-11/h4-8,10H,3,9H2,1-2H3,(H,19,22)(H,20,26)/b13-8-. The van der Waals surface area contributed by atoms with Crippen molar-refractivity contribution in [1.82, 2.24) is 15.5 Å². The minimum atomic E-state index is -0.837. The number of benzene rings is 1. The zero-order chi connectivity index (χ0) is 19.3. The molecule has 1 atom stereocenters. The number of carbonyl (C=O) groups is 3. The van der Waals surface area contributed by atoms with Gasteiger partial charge in [0, 0.05) is 0 Å². The second-order valence-corrected chi connectivity index (χ2v) is 5.86. The molecule has 0 aliphatic carbocycles. The van der Waals surface area contributed by atoms with E-state index >= 15 is 0 Å². The Labute approximate surface area is 155 Å². The lowest BCUT2D eigenvalue weighted by Gasteiger charge is -2.16. The molecular weight excluding hydrogens is 361 g/mol. The van der Waals surface area contributed by atoms with Crippen LogP contribution in [0.5, 0.6) is 0 Å². The van der Waals surface area contributed by atoms with Gasteiger partial charge in [0.15, 0.2) is 5.11 Å². The number of esters is 1. The highest BCUT2D eigenvalue weighted by Crippen LogP contribution is 2.14. The van der Waals surface area contributed by atoms with Crippen LogP contribution in [0, 0.1) is 5.82 Å². The summed E-state index contributed by atoms with van der Waals surface area (Å²) in [6.45, 7) is 3.01. The Morgan fingerprint density at radius 3 is 2.65 bits per heavy atom. The zero-order valence-electron chi connectivity index (χ0n) is 14.2. The summed E-state index contributed by atoms with van der Waals surface area (Å²) in [5, 5.41) is 5.24. The van der Waals surface area contributed by atoms with Gasteiger partial charge in [-0.2, -0.15) is 0 Å². The maximum Gasteiger partial charge on any atom is 0.328 e. The van der Waals surface area contributed by atoms with Crippen molar-refractivity contribution < 1.29 is 23.5 Å². The van der Waals surface area contributed by atoms with Crippen LogP contribution in [-0.2, 0) is 19.1 Å². The summed E-state index contributed by atoms with van der Waals surface area (Å²) < 4.78 is 17.7. The molecule has 1 aliphatic rings. The van der Waals surface area contributed by atoms with E-state index in [0.717, 1.165) is 4.90 Å². The topological polar surface area (TPSA) is 87.7 Å². The van der Waals surface area contributed by atoms with Crippen molar-refractivity contribution in [2.24, 2.45) is 0 Å². The molecule has 1 unspecified atom stereocenters. The predicted octanol–water partition coefficient (Wildman–Crippen LogP) is 0.951. The number of hydrogen-bond donors (Lipinski definition) is 2. The van der Waals surface area contributed by atoms with Crippen LogP contribution in [-0.4, -0.2) is 47.0 Å². The number of hydrogen-bond acceptors (Lipinski definition) is 5. The minimum absolute atomic E-state index is 0.0716. The summed E-state index contributed by atoms with van der Waals surface area (Å²) in [5.74, 6) is -1.99. The van der Waals surface area contributed by atoms with Gasteiger partial charge in [0.1, 0.15) is 24.1 Å². The van der Waals surface area contributed by atoms with Crippen molar-refractivity contribution in [1.29, 1.82) is 0 Å². The fraction of sp³-hybridized carbons (Fsp3) is 0.294. The Morgan fingerprint density at radius 1 is 1.38 bits per heavy atom. The van der Waals surface area contributed by atoms with Crippen LogP contribution in [0.1, 0.15) is 19.4 Å². The van der Waals surface area contributed by atoms with Gasteiger partial charge < -0.3 is 15.4 Å². The van der Waals surface area contributed by atoms with Crippen molar-refractivity contribution in [3.63, 3.8) is 0 Å². The molecule has 0 saturated carbocycles. The summed E-state index contributed by atoms with van der Waals surface area (Å²) in [4.78, 5) is 37.1. The summed E-state index contributed by atoms with van der Waals surface area (Å²) in [6.07, 6.45) is 1.51. The van der Waals surface area contributed by atoms with Gasteiger partial charge in [0.05, 0.1) is 6.61 Å². The third kappa shape index (κ3) is 4.85. The Hall–Kier alpha value is -2.81. The Balaban J connectivity index is 2.01. The van der Waals surface area contributed by atoms with Crippen molar-refractivity contribution in [2.75, 3.05) is 13.2 Å². The molecule has 1 fully saturated rings. The lowest BCUT2D eigenvalue weighted by molar-refractivity contribution is -0.146. The second-order valence-electron chi connectivity index (χ2n) is 5.47. The minimum Gasteiger partial charge on any atom is -0.464 e. The molecule has 0 bridgehead atoms. The van der Waals surface area contributed by atoms with Gasteiger partial charge in [-0.3, -0.25) is 14.5 Å². The number of carbonyl (C=O) groups excluding carboxylic acids is 3. The lowest BCUT2D eigenvalue weighted by Crippen LogP contribution is -2.46. The number of nitrogens with zero attached hydrogens (tertiary/aromatic N) is 1. The quantitative estimate of drug-likeness (QED) is 0.435. The molecule has 2 amide bonds. The van der Waals surface area contributed by atoms with Crippen LogP contribution < -0.4 is 10.6 Å². The van der Waals surface area contributed by atoms with Gasteiger partial charge in [-0.15, -0.1) is 0 Å². The van der Waals surface area contributed by atoms with E-state index in [1.807, 2.05) is 0 Å². The maximum atomic E-state index is 12.9. The summed E-state index contributed by atoms with van der Waals surface area (Å²) in [5.41, 5.74) is 0.778. The third-order valence-electron chi connectivity index (χ3n) is 3.46. The third-order valence-corrected chi connectivity index (χ3v) is 3.79. The Morgan fingerprint density at radius 2 is 2.04 bits per heavy atom. The highest BCUT2D eigenvalue weighted by Gasteiger charge is 2.32. The number of thiocarbonyl (C=S) groups is 1. The van der Waals surface area contributed by atoms with Crippen LogP contribution in [0.3, 0.4) is 0 Å². The lowest BCUT2D eigenvalue weighted by atomic mass is 10.2. The largest absolute Gasteiger partial charge is 0.464 e. The highest BCUT2D eigenvalue weighted by molar-refractivity contribution is 7.80.